The predicted molar refractivity (Wildman–Crippen MR) is 66.0 cm³/mol. The second-order valence-corrected chi connectivity index (χ2v) is 5.54. The average molecular weight is 247 g/mol. The fourth-order valence-corrected chi connectivity index (χ4v) is 3.21. The molecule has 4 N–H and O–H groups in total. The van der Waals surface area contributed by atoms with Crippen molar-refractivity contribution in [3.8, 4) is 5.88 Å². The molecule has 3 rings (SSSR count). The lowest BCUT2D eigenvalue weighted by Crippen LogP contribution is -2.56. The summed E-state index contributed by atoms with van der Waals surface area (Å²) in [7, 11) is 0. The van der Waals surface area contributed by atoms with E-state index in [9.17, 15) is 4.79 Å². The van der Waals surface area contributed by atoms with E-state index < -0.39 is 5.91 Å². The second-order valence-electron chi connectivity index (χ2n) is 5.54. The summed E-state index contributed by atoms with van der Waals surface area (Å²) >= 11 is 0. The first-order chi connectivity index (χ1) is 8.58. The molecule has 2 fully saturated rings. The van der Waals surface area contributed by atoms with Gasteiger partial charge in [-0.25, -0.2) is 4.98 Å². The molecule has 5 heteroatoms. The number of pyridine rings is 1. The highest BCUT2D eigenvalue weighted by Gasteiger charge is 2.53. The van der Waals surface area contributed by atoms with Crippen molar-refractivity contribution < 1.29 is 9.53 Å². The molecule has 0 radical (unpaired) electrons. The van der Waals surface area contributed by atoms with E-state index in [0.29, 0.717) is 22.9 Å². The number of carbonyl (C=O) groups is 1. The van der Waals surface area contributed by atoms with Crippen molar-refractivity contribution in [3.05, 3.63) is 23.9 Å². The first-order valence-corrected chi connectivity index (χ1v) is 6.25. The minimum Gasteiger partial charge on any atom is -0.474 e. The highest BCUT2D eigenvalue weighted by atomic mass is 16.5. The summed E-state index contributed by atoms with van der Waals surface area (Å²) in [6.45, 7) is 0. The maximum atomic E-state index is 11.2. The lowest BCUT2D eigenvalue weighted by Gasteiger charge is -2.56. The van der Waals surface area contributed by atoms with E-state index in [1.165, 1.54) is 0 Å². The zero-order chi connectivity index (χ0) is 12.8. The van der Waals surface area contributed by atoms with Crippen molar-refractivity contribution >= 4 is 5.91 Å². The van der Waals surface area contributed by atoms with Gasteiger partial charge in [0.15, 0.2) is 0 Å². The molecule has 0 atom stereocenters. The quantitative estimate of drug-likeness (QED) is 0.827. The van der Waals surface area contributed by atoms with Gasteiger partial charge in [0.25, 0.3) is 5.91 Å². The molecule has 0 unspecified atom stereocenters. The van der Waals surface area contributed by atoms with Gasteiger partial charge in [-0.15, -0.1) is 0 Å². The number of nitrogens with zero attached hydrogens (tertiary/aromatic N) is 1. The normalized spacial score (nSPS) is 33.6. The summed E-state index contributed by atoms with van der Waals surface area (Å²) in [6, 6.07) is 3.68. The molecule has 18 heavy (non-hydrogen) atoms. The maximum absolute atomic E-state index is 11.2. The van der Waals surface area contributed by atoms with Gasteiger partial charge in [-0.1, -0.05) is 0 Å². The standard InChI is InChI=1S/C13H17N3O2/c14-8-4-13(5-8)6-9(7-13)18-12-10(11(15)17)2-1-3-16-12/h1-3,8-9H,4-7,14H2,(H2,15,17). The van der Waals surface area contributed by atoms with E-state index in [0.717, 1.165) is 25.7 Å². The number of hydrogen-bond acceptors (Lipinski definition) is 4. The Hall–Kier alpha value is -1.62. The van der Waals surface area contributed by atoms with Crippen LogP contribution in [0.15, 0.2) is 18.3 Å². The van der Waals surface area contributed by atoms with E-state index in [4.69, 9.17) is 16.2 Å². The number of aromatic nitrogens is 1. The Morgan fingerprint density at radius 1 is 1.39 bits per heavy atom. The van der Waals surface area contributed by atoms with Crippen LogP contribution in [-0.2, 0) is 0 Å². The molecule has 2 saturated carbocycles. The predicted octanol–water partition coefficient (Wildman–Crippen LogP) is 0.829. The van der Waals surface area contributed by atoms with Gasteiger partial charge < -0.3 is 16.2 Å². The number of nitrogens with two attached hydrogens (primary N) is 2. The van der Waals surface area contributed by atoms with Crippen molar-refractivity contribution in [2.75, 3.05) is 0 Å². The molecule has 0 aromatic carbocycles. The minimum absolute atomic E-state index is 0.144. The van der Waals surface area contributed by atoms with Crippen molar-refractivity contribution in [2.45, 2.75) is 37.8 Å². The Balaban J connectivity index is 1.63. The van der Waals surface area contributed by atoms with Gasteiger partial charge in [-0.3, -0.25) is 4.79 Å². The van der Waals surface area contributed by atoms with E-state index >= 15 is 0 Å². The van der Waals surface area contributed by atoms with Crippen LogP contribution in [0.1, 0.15) is 36.0 Å². The summed E-state index contributed by atoms with van der Waals surface area (Å²) in [6.07, 6.45) is 5.96. The second kappa shape index (κ2) is 3.95. The topological polar surface area (TPSA) is 91.2 Å². The molecule has 0 saturated heterocycles. The van der Waals surface area contributed by atoms with Crippen LogP contribution in [-0.4, -0.2) is 23.0 Å². The third kappa shape index (κ3) is 1.84. The Morgan fingerprint density at radius 3 is 2.72 bits per heavy atom. The number of ether oxygens (including phenoxy) is 1. The summed E-state index contributed by atoms with van der Waals surface area (Å²) < 4.78 is 5.76. The van der Waals surface area contributed by atoms with Gasteiger partial charge in [0.2, 0.25) is 5.88 Å². The largest absolute Gasteiger partial charge is 0.474 e. The fourth-order valence-electron chi connectivity index (χ4n) is 3.21. The first-order valence-electron chi connectivity index (χ1n) is 6.25. The van der Waals surface area contributed by atoms with Gasteiger partial charge in [0, 0.05) is 12.2 Å². The number of amides is 1. The molecule has 96 valence electrons. The van der Waals surface area contributed by atoms with Crippen LogP contribution in [0.25, 0.3) is 0 Å². The molecule has 2 aliphatic carbocycles. The number of primary amides is 1. The fraction of sp³-hybridized carbons (Fsp3) is 0.538. The average Bonchev–Trinajstić information content (AvgIpc) is 2.24. The van der Waals surface area contributed by atoms with E-state index in [-0.39, 0.29) is 6.10 Å². The van der Waals surface area contributed by atoms with Crippen molar-refractivity contribution in [1.82, 2.24) is 4.98 Å². The molecule has 0 aliphatic heterocycles. The lowest BCUT2D eigenvalue weighted by molar-refractivity contribution is -0.0797. The summed E-state index contributed by atoms with van der Waals surface area (Å²) in [5.41, 5.74) is 11.9. The smallest absolute Gasteiger partial charge is 0.254 e. The molecule has 1 aromatic rings. The third-order valence-corrected chi connectivity index (χ3v) is 4.03. The highest BCUT2D eigenvalue weighted by Crippen LogP contribution is 2.56. The maximum Gasteiger partial charge on any atom is 0.254 e. The number of carbonyl (C=O) groups excluding carboxylic acids is 1. The molecule has 1 aromatic heterocycles. The van der Waals surface area contributed by atoms with Crippen LogP contribution < -0.4 is 16.2 Å². The van der Waals surface area contributed by atoms with Crippen LogP contribution in [0.5, 0.6) is 5.88 Å². The molecule has 0 bridgehead atoms. The van der Waals surface area contributed by atoms with Gasteiger partial charge >= 0.3 is 0 Å². The zero-order valence-electron chi connectivity index (χ0n) is 10.1. The Labute approximate surface area is 106 Å². The third-order valence-electron chi connectivity index (χ3n) is 4.03. The molecular formula is C13H17N3O2. The molecule has 1 spiro atoms. The molecular weight excluding hydrogens is 230 g/mol. The SMILES string of the molecule is NC(=O)c1cccnc1OC1CC2(CC(N)C2)C1. The Kier molecular flexibility index (Phi) is 2.52. The van der Waals surface area contributed by atoms with Crippen molar-refractivity contribution in [1.29, 1.82) is 0 Å². The monoisotopic (exact) mass is 247 g/mol. The summed E-state index contributed by atoms with van der Waals surface area (Å²) in [5, 5.41) is 0. The molecule has 2 aliphatic rings. The molecule has 5 nitrogen and oxygen atoms in total. The minimum atomic E-state index is -0.502. The lowest BCUT2D eigenvalue weighted by atomic mass is 9.53. The van der Waals surface area contributed by atoms with Crippen LogP contribution in [0.2, 0.25) is 0 Å². The van der Waals surface area contributed by atoms with E-state index in [1.807, 2.05) is 0 Å². The van der Waals surface area contributed by atoms with Crippen LogP contribution in [0.3, 0.4) is 0 Å². The van der Waals surface area contributed by atoms with Gasteiger partial charge in [0.05, 0.1) is 0 Å². The van der Waals surface area contributed by atoms with Gasteiger partial charge in [0.1, 0.15) is 11.7 Å². The molecule has 1 heterocycles. The van der Waals surface area contributed by atoms with Gasteiger partial charge in [-0.2, -0.15) is 0 Å². The van der Waals surface area contributed by atoms with Gasteiger partial charge in [-0.05, 0) is 43.2 Å². The van der Waals surface area contributed by atoms with Crippen LogP contribution in [0.4, 0.5) is 0 Å². The van der Waals surface area contributed by atoms with E-state index in [2.05, 4.69) is 4.98 Å². The van der Waals surface area contributed by atoms with Crippen LogP contribution in [0, 0.1) is 5.41 Å². The van der Waals surface area contributed by atoms with Crippen molar-refractivity contribution in [2.24, 2.45) is 16.9 Å². The Bertz CT molecular complexity index is 475. The molecule has 1 amide bonds. The highest BCUT2D eigenvalue weighted by molar-refractivity contribution is 5.94. The number of rotatable bonds is 3. The first kappa shape index (κ1) is 11.5. The Morgan fingerprint density at radius 2 is 2.11 bits per heavy atom. The zero-order valence-corrected chi connectivity index (χ0v) is 10.1. The van der Waals surface area contributed by atoms with E-state index in [1.54, 1.807) is 18.3 Å². The number of hydrogen-bond donors (Lipinski definition) is 2. The summed E-state index contributed by atoms with van der Waals surface area (Å²) in [5.74, 6) is -0.147. The van der Waals surface area contributed by atoms with Crippen LogP contribution >= 0.6 is 0 Å². The van der Waals surface area contributed by atoms with Crippen molar-refractivity contribution in [3.63, 3.8) is 0 Å². The summed E-state index contributed by atoms with van der Waals surface area (Å²) in [4.78, 5) is 15.3.